The van der Waals surface area contributed by atoms with Crippen LogP contribution in [-0.4, -0.2) is 29.4 Å². The van der Waals surface area contributed by atoms with Gasteiger partial charge in [-0.15, -0.1) is 0 Å². The van der Waals surface area contributed by atoms with Gasteiger partial charge in [0.05, 0.1) is 0 Å². The van der Waals surface area contributed by atoms with E-state index in [9.17, 15) is 0 Å². The van der Waals surface area contributed by atoms with E-state index in [4.69, 9.17) is 0 Å². The first kappa shape index (κ1) is 12.9. The van der Waals surface area contributed by atoms with Crippen molar-refractivity contribution in [3.05, 3.63) is 0 Å². The third kappa shape index (κ3) is 3.01. The predicted molar refractivity (Wildman–Crippen MR) is 74.1 cm³/mol. The van der Waals surface area contributed by atoms with Crippen LogP contribution in [0.4, 0.5) is 0 Å². The fraction of sp³-hybridized carbons (Fsp3) is 1.00. The Hall–Kier alpha value is 0.440. The van der Waals surface area contributed by atoms with Gasteiger partial charge in [0, 0.05) is 17.9 Å². The summed E-state index contributed by atoms with van der Waals surface area (Å²) in [6.45, 7) is 7.38. The molecule has 0 aromatic heterocycles. The van der Waals surface area contributed by atoms with Crippen LogP contribution in [0.25, 0.3) is 0 Å². The molecule has 2 fully saturated rings. The number of hydrogen-bond acceptors (Lipinski definition) is 1. The first-order valence-corrected chi connectivity index (χ1v) is 8.04. The molecule has 0 spiro atoms. The molecular formula is C14H26BrN. The van der Waals surface area contributed by atoms with Crippen LogP contribution in [0.2, 0.25) is 0 Å². The predicted octanol–water partition coefficient (Wildman–Crippen LogP) is 4.06. The number of hydrogen-bond donors (Lipinski definition) is 0. The average molecular weight is 288 g/mol. The van der Waals surface area contributed by atoms with Crippen LogP contribution >= 0.6 is 15.9 Å². The maximum Gasteiger partial charge on any atom is 0.0124 e. The van der Waals surface area contributed by atoms with Crippen LogP contribution in [0.3, 0.4) is 0 Å². The lowest BCUT2D eigenvalue weighted by Gasteiger charge is -2.35. The molecule has 2 aliphatic rings. The Morgan fingerprint density at radius 2 is 1.81 bits per heavy atom. The Balaban J connectivity index is 1.92. The quantitative estimate of drug-likeness (QED) is 0.705. The van der Waals surface area contributed by atoms with Crippen LogP contribution in [0.5, 0.6) is 0 Å². The van der Waals surface area contributed by atoms with Crippen molar-refractivity contribution in [2.45, 2.75) is 58.4 Å². The summed E-state index contributed by atoms with van der Waals surface area (Å²) in [7, 11) is 0. The first-order valence-electron chi connectivity index (χ1n) is 6.92. The number of likely N-dealkylation sites (tertiary alicyclic amines) is 1. The summed E-state index contributed by atoms with van der Waals surface area (Å²) in [5, 5.41) is 1.12. The van der Waals surface area contributed by atoms with Gasteiger partial charge in [0.15, 0.2) is 0 Å². The molecule has 1 saturated carbocycles. The normalized spacial score (nSPS) is 29.1. The molecule has 1 saturated heterocycles. The van der Waals surface area contributed by atoms with E-state index in [-0.39, 0.29) is 0 Å². The minimum atomic E-state index is 0.432. The minimum Gasteiger partial charge on any atom is -0.300 e. The van der Waals surface area contributed by atoms with E-state index in [1.54, 1.807) is 0 Å². The SMILES string of the molecule is CC(C)(CBr)CN1CCCC1C1CCCC1. The molecule has 1 heterocycles. The van der Waals surface area contributed by atoms with Crippen LogP contribution in [0, 0.1) is 11.3 Å². The lowest BCUT2D eigenvalue weighted by molar-refractivity contribution is 0.141. The van der Waals surface area contributed by atoms with Gasteiger partial charge in [0.2, 0.25) is 0 Å². The van der Waals surface area contributed by atoms with Crippen LogP contribution in [-0.2, 0) is 0 Å². The highest BCUT2D eigenvalue weighted by molar-refractivity contribution is 9.09. The lowest BCUT2D eigenvalue weighted by atomic mass is 9.92. The summed E-state index contributed by atoms with van der Waals surface area (Å²) in [5.74, 6) is 1.02. The van der Waals surface area contributed by atoms with Crippen molar-refractivity contribution in [3.63, 3.8) is 0 Å². The molecule has 1 unspecified atom stereocenters. The van der Waals surface area contributed by atoms with E-state index in [1.165, 1.54) is 51.6 Å². The van der Waals surface area contributed by atoms with E-state index in [1.807, 2.05) is 0 Å². The molecule has 1 atom stereocenters. The molecule has 2 heteroatoms. The summed E-state index contributed by atoms with van der Waals surface area (Å²) in [6, 6.07) is 0.917. The number of halogens is 1. The highest BCUT2D eigenvalue weighted by atomic mass is 79.9. The zero-order valence-corrected chi connectivity index (χ0v) is 12.4. The van der Waals surface area contributed by atoms with Crippen molar-refractivity contribution in [1.29, 1.82) is 0 Å². The van der Waals surface area contributed by atoms with Gasteiger partial charge in [0.25, 0.3) is 0 Å². The van der Waals surface area contributed by atoms with Gasteiger partial charge in [-0.05, 0) is 43.6 Å². The van der Waals surface area contributed by atoms with Gasteiger partial charge >= 0.3 is 0 Å². The van der Waals surface area contributed by atoms with Crippen molar-refractivity contribution in [2.24, 2.45) is 11.3 Å². The number of rotatable bonds is 4. The van der Waals surface area contributed by atoms with E-state index in [0.717, 1.165) is 17.3 Å². The molecule has 2 rings (SSSR count). The van der Waals surface area contributed by atoms with E-state index < -0.39 is 0 Å². The molecule has 0 radical (unpaired) electrons. The van der Waals surface area contributed by atoms with Gasteiger partial charge in [-0.2, -0.15) is 0 Å². The Morgan fingerprint density at radius 1 is 1.12 bits per heavy atom. The summed E-state index contributed by atoms with van der Waals surface area (Å²) < 4.78 is 0. The zero-order valence-electron chi connectivity index (χ0n) is 10.8. The third-order valence-electron chi connectivity index (χ3n) is 4.35. The number of nitrogens with zero attached hydrogens (tertiary/aromatic N) is 1. The van der Waals surface area contributed by atoms with Crippen molar-refractivity contribution in [2.75, 3.05) is 18.4 Å². The summed E-state index contributed by atoms with van der Waals surface area (Å²) in [6.07, 6.45) is 8.85. The maximum absolute atomic E-state index is 3.65. The molecule has 1 aliphatic heterocycles. The van der Waals surface area contributed by atoms with Gasteiger partial charge in [-0.3, -0.25) is 4.90 Å². The van der Waals surface area contributed by atoms with E-state index >= 15 is 0 Å². The van der Waals surface area contributed by atoms with Gasteiger partial charge < -0.3 is 0 Å². The molecule has 0 N–H and O–H groups in total. The van der Waals surface area contributed by atoms with Crippen LogP contribution in [0.15, 0.2) is 0 Å². The Bertz CT molecular complexity index is 221. The van der Waals surface area contributed by atoms with Crippen molar-refractivity contribution >= 4 is 15.9 Å². The molecule has 0 bridgehead atoms. The van der Waals surface area contributed by atoms with Crippen molar-refractivity contribution in [1.82, 2.24) is 4.90 Å². The van der Waals surface area contributed by atoms with Crippen LogP contribution < -0.4 is 0 Å². The topological polar surface area (TPSA) is 3.24 Å². The maximum atomic E-state index is 3.65. The van der Waals surface area contributed by atoms with E-state index in [0.29, 0.717) is 5.41 Å². The molecule has 0 aromatic carbocycles. The van der Waals surface area contributed by atoms with Crippen molar-refractivity contribution < 1.29 is 0 Å². The summed E-state index contributed by atoms with van der Waals surface area (Å²) >= 11 is 3.65. The second-order valence-corrected chi connectivity index (χ2v) is 7.08. The summed E-state index contributed by atoms with van der Waals surface area (Å²) in [5.41, 5.74) is 0.432. The van der Waals surface area contributed by atoms with Gasteiger partial charge in [-0.1, -0.05) is 42.6 Å². The summed E-state index contributed by atoms with van der Waals surface area (Å²) in [4.78, 5) is 2.79. The second-order valence-electron chi connectivity index (χ2n) is 6.52. The Labute approximate surface area is 109 Å². The fourth-order valence-electron chi connectivity index (χ4n) is 3.52. The van der Waals surface area contributed by atoms with Gasteiger partial charge in [-0.25, -0.2) is 0 Å². The first-order chi connectivity index (χ1) is 7.62. The van der Waals surface area contributed by atoms with Gasteiger partial charge in [0.1, 0.15) is 0 Å². The molecule has 1 nitrogen and oxygen atoms in total. The highest BCUT2D eigenvalue weighted by Crippen LogP contribution is 2.36. The fourth-order valence-corrected chi connectivity index (χ4v) is 3.69. The Kier molecular flexibility index (Phi) is 4.34. The van der Waals surface area contributed by atoms with Crippen molar-refractivity contribution in [3.8, 4) is 0 Å². The molecule has 0 amide bonds. The minimum absolute atomic E-state index is 0.432. The lowest BCUT2D eigenvalue weighted by Crippen LogP contribution is -2.41. The molecule has 16 heavy (non-hydrogen) atoms. The molecule has 0 aromatic rings. The third-order valence-corrected chi connectivity index (χ3v) is 5.87. The second kappa shape index (κ2) is 5.39. The largest absolute Gasteiger partial charge is 0.300 e. The van der Waals surface area contributed by atoms with E-state index in [2.05, 4.69) is 34.7 Å². The number of alkyl halides is 1. The molecular weight excluding hydrogens is 262 g/mol. The average Bonchev–Trinajstić information content (AvgIpc) is 2.86. The molecule has 94 valence electrons. The highest BCUT2D eigenvalue weighted by Gasteiger charge is 2.35. The Morgan fingerprint density at radius 3 is 2.44 bits per heavy atom. The van der Waals surface area contributed by atoms with Crippen LogP contribution in [0.1, 0.15) is 52.4 Å². The smallest absolute Gasteiger partial charge is 0.0124 e. The zero-order chi connectivity index (χ0) is 11.6. The molecule has 1 aliphatic carbocycles. The standard InChI is InChI=1S/C14H26BrN/c1-14(2,10-15)11-16-9-5-8-13(16)12-6-3-4-7-12/h12-13H,3-11H2,1-2H3. The monoisotopic (exact) mass is 287 g/mol.